The van der Waals surface area contributed by atoms with Crippen molar-refractivity contribution < 1.29 is 18.6 Å². The fraction of sp³-hybridized carbons (Fsp3) is 0.400. The van der Waals surface area contributed by atoms with Crippen molar-refractivity contribution in [2.75, 3.05) is 6.61 Å². The number of hydrogen-bond donors (Lipinski definition) is 1. The number of rotatable bonds is 4. The molecule has 0 atom stereocenters. The summed E-state index contributed by atoms with van der Waals surface area (Å²) >= 11 is 0. The van der Waals surface area contributed by atoms with E-state index < -0.39 is 11.2 Å². The van der Waals surface area contributed by atoms with Crippen LogP contribution < -0.4 is 4.74 Å². The summed E-state index contributed by atoms with van der Waals surface area (Å²) in [7, 11) is 0. The Morgan fingerprint density at radius 1 is 0.917 bits per heavy atom. The summed E-state index contributed by atoms with van der Waals surface area (Å²) in [5.74, 6) is -0.925. The molecule has 4 heteroatoms. The number of benzene rings is 2. The highest BCUT2D eigenvalue weighted by atomic mass is 19.1. The predicted molar refractivity (Wildman–Crippen MR) is 91.7 cm³/mol. The van der Waals surface area contributed by atoms with Crippen molar-refractivity contribution in [2.24, 2.45) is 0 Å². The lowest BCUT2D eigenvalue weighted by Gasteiger charge is -2.26. The van der Waals surface area contributed by atoms with Crippen LogP contribution in [-0.4, -0.2) is 11.7 Å². The fourth-order valence-corrected chi connectivity index (χ4v) is 2.36. The van der Waals surface area contributed by atoms with E-state index in [9.17, 15) is 13.9 Å². The zero-order valence-corrected chi connectivity index (χ0v) is 14.8. The molecule has 0 aromatic heterocycles. The van der Waals surface area contributed by atoms with Crippen LogP contribution in [0.15, 0.2) is 36.4 Å². The first-order valence-electron chi connectivity index (χ1n) is 7.92. The highest BCUT2D eigenvalue weighted by molar-refractivity contribution is 5.35. The van der Waals surface area contributed by atoms with Gasteiger partial charge in [0.1, 0.15) is 11.6 Å². The molecule has 24 heavy (non-hydrogen) atoms. The van der Waals surface area contributed by atoms with Gasteiger partial charge in [0.05, 0.1) is 6.61 Å². The van der Waals surface area contributed by atoms with Crippen molar-refractivity contribution in [3.05, 3.63) is 59.2 Å². The van der Waals surface area contributed by atoms with Crippen LogP contribution in [0.2, 0.25) is 0 Å². The summed E-state index contributed by atoms with van der Waals surface area (Å²) < 4.78 is 32.9. The molecule has 0 heterocycles. The summed E-state index contributed by atoms with van der Waals surface area (Å²) in [6.45, 7) is 10.1. The minimum Gasteiger partial charge on any atom is -0.505 e. The highest BCUT2D eigenvalue weighted by Gasteiger charge is 2.24. The van der Waals surface area contributed by atoms with Gasteiger partial charge in [0, 0.05) is 11.5 Å². The second-order valence-corrected chi connectivity index (χ2v) is 7.76. The summed E-state index contributed by atoms with van der Waals surface area (Å²) in [4.78, 5) is 0. The molecule has 130 valence electrons. The molecule has 0 aliphatic heterocycles. The molecule has 2 rings (SSSR count). The molecular formula is C20H24F2O2. The molecule has 0 aliphatic rings. The molecule has 0 saturated carbocycles. The zero-order valence-electron chi connectivity index (χ0n) is 14.8. The molecule has 0 fully saturated rings. The van der Waals surface area contributed by atoms with Crippen LogP contribution in [0.4, 0.5) is 8.78 Å². The van der Waals surface area contributed by atoms with Crippen LogP contribution in [0.3, 0.4) is 0 Å². The Balaban J connectivity index is 2.20. The first-order valence-corrected chi connectivity index (χ1v) is 7.92. The lowest BCUT2D eigenvalue weighted by Crippen LogP contribution is -2.26. The van der Waals surface area contributed by atoms with Gasteiger partial charge < -0.3 is 9.84 Å². The fourth-order valence-electron chi connectivity index (χ4n) is 2.36. The van der Waals surface area contributed by atoms with Gasteiger partial charge in [-0.1, -0.05) is 40.7 Å². The molecule has 0 radical (unpaired) electrons. The Morgan fingerprint density at radius 2 is 1.58 bits per heavy atom. The average Bonchev–Trinajstić information content (AvgIpc) is 2.46. The first kappa shape index (κ1) is 18.2. The molecule has 2 nitrogen and oxygen atoms in total. The second kappa shape index (κ2) is 6.42. The first-order chi connectivity index (χ1) is 11.0. The monoisotopic (exact) mass is 334 g/mol. The van der Waals surface area contributed by atoms with Crippen molar-refractivity contribution in [2.45, 2.75) is 45.4 Å². The van der Waals surface area contributed by atoms with Crippen LogP contribution >= 0.6 is 0 Å². The topological polar surface area (TPSA) is 29.5 Å². The minimum atomic E-state index is -0.657. The van der Waals surface area contributed by atoms with E-state index in [0.29, 0.717) is 5.75 Å². The Bertz CT molecular complexity index is 731. The van der Waals surface area contributed by atoms with Crippen LogP contribution in [0.5, 0.6) is 11.5 Å². The van der Waals surface area contributed by atoms with Gasteiger partial charge in [-0.25, -0.2) is 8.78 Å². The zero-order chi connectivity index (χ0) is 18.1. The van der Waals surface area contributed by atoms with E-state index in [4.69, 9.17) is 4.74 Å². The minimum absolute atomic E-state index is 0.182. The maximum absolute atomic E-state index is 13.8. The molecule has 0 unspecified atom stereocenters. The smallest absolute Gasteiger partial charge is 0.164 e. The molecule has 0 aliphatic carbocycles. The summed E-state index contributed by atoms with van der Waals surface area (Å²) in [5, 5.41) is 9.55. The van der Waals surface area contributed by atoms with Gasteiger partial charge in [-0.2, -0.15) is 0 Å². The maximum Gasteiger partial charge on any atom is 0.164 e. The SMILES string of the molecule is CC(C)(C)c1cc(F)cc(OCC(C)(C)c2ccc(F)c(O)c2)c1. The molecule has 0 spiro atoms. The Labute approximate surface area is 142 Å². The predicted octanol–water partition coefficient (Wildman–Crippen LogP) is 5.32. The van der Waals surface area contributed by atoms with Crippen LogP contribution in [-0.2, 0) is 10.8 Å². The normalized spacial score (nSPS) is 12.3. The third-order valence-corrected chi connectivity index (χ3v) is 4.06. The van der Waals surface area contributed by atoms with Gasteiger partial charge in [-0.3, -0.25) is 0 Å². The molecule has 0 amide bonds. The molecule has 2 aromatic carbocycles. The molecule has 0 saturated heterocycles. The molecule has 1 N–H and O–H groups in total. The van der Waals surface area contributed by atoms with E-state index in [1.54, 1.807) is 6.07 Å². The lowest BCUT2D eigenvalue weighted by atomic mass is 9.85. The van der Waals surface area contributed by atoms with E-state index in [-0.39, 0.29) is 23.6 Å². The standard InChI is InChI=1S/C20H24F2O2/c1-19(2,3)14-8-15(21)11-16(9-14)24-12-20(4,5)13-6-7-17(22)18(23)10-13/h6-11,23H,12H2,1-5H3. The van der Waals surface area contributed by atoms with Gasteiger partial charge in [0.15, 0.2) is 11.6 Å². The molecular weight excluding hydrogens is 310 g/mol. The Morgan fingerprint density at radius 3 is 2.17 bits per heavy atom. The summed E-state index contributed by atoms with van der Waals surface area (Å²) in [6, 6.07) is 8.94. The lowest BCUT2D eigenvalue weighted by molar-refractivity contribution is 0.238. The Kier molecular flexibility index (Phi) is 4.88. The van der Waals surface area contributed by atoms with E-state index in [1.807, 2.05) is 40.7 Å². The van der Waals surface area contributed by atoms with E-state index in [2.05, 4.69) is 0 Å². The van der Waals surface area contributed by atoms with Crippen molar-refractivity contribution in [1.29, 1.82) is 0 Å². The highest BCUT2D eigenvalue weighted by Crippen LogP contribution is 2.31. The number of halogens is 2. The molecule has 2 aromatic rings. The van der Waals surface area contributed by atoms with Crippen molar-refractivity contribution in [3.63, 3.8) is 0 Å². The van der Waals surface area contributed by atoms with Crippen LogP contribution in [0.1, 0.15) is 45.7 Å². The number of ether oxygens (including phenoxy) is 1. The third kappa shape index (κ3) is 4.25. The summed E-state index contributed by atoms with van der Waals surface area (Å²) in [5.41, 5.74) is 0.946. The number of aromatic hydroxyl groups is 1. The van der Waals surface area contributed by atoms with E-state index >= 15 is 0 Å². The van der Waals surface area contributed by atoms with E-state index in [0.717, 1.165) is 11.1 Å². The number of phenolic OH excluding ortho intramolecular Hbond substituents is 1. The van der Waals surface area contributed by atoms with Gasteiger partial charge in [-0.05, 0) is 40.8 Å². The quantitative estimate of drug-likeness (QED) is 0.819. The van der Waals surface area contributed by atoms with Crippen molar-refractivity contribution in [3.8, 4) is 11.5 Å². The third-order valence-electron chi connectivity index (χ3n) is 4.06. The van der Waals surface area contributed by atoms with Gasteiger partial charge in [-0.15, -0.1) is 0 Å². The summed E-state index contributed by atoms with van der Waals surface area (Å²) in [6.07, 6.45) is 0. The van der Waals surface area contributed by atoms with Gasteiger partial charge >= 0.3 is 0 Å². The van der Waals surface area contributed by atoms with Gasteiger partial charge in [0.2, 0.25) is 0 Å². The Hall–Kier alpha value is -2.10. The van der Waals surface area contributed by atoms with Gasteiger partial charge in [0.25, 0.3) is 0 Å². The largest absolute Gasteiger partial charge is 0.505 e. The van der Waals surface area contributed by atoms with Crippen LogP contribution in [0, 0.1) is 11.6 Å². The van der Waals surface area contributed by atoms with Crippen molar-refractivity contribution >= 4 is 0 Å². The molecule has 0 bridgehead atoms. The number of phenols is 1. The van der Waals surface area contributed by atoms with E-state index in [1.165, 1.54) is 24.3 Å². The second-order valence-electron chi connectivity index (χ2n) is 7.76. The number of hydrogen-bond acceptors (Lipinski definition) is 2. The maximum atomic E-state index is 13.8. The van der Waals surface area contributed by atoms with Crippen molar-refractivity contribution in [1.82, 2.24) is 0 Å². The average molecular weight is 334 g/mol. The van der Waals surface area contributed by atoms with Crippen LogP contribution in [0.25, 0.3) is 0 Å².